The van der Waals surface area contributed by atoms with Crippen molar-refractivity contribution in [1.82, 2.24) is 10.2 Å². The van der Waals surface area contributed by atoms with E-state index in [0.717, 1.165) is 11.0 Å². The summed E-state index contributed by atoms with van der Waals surface area (Å²) in [4.78, 5) is 34.9. The Morgan fingerprint density at radius 1 is 1.33 bits per heavy atom. The molecule has 1 rings (SSSR count). The zero-order valence-corrected chi connectivity index (χ0v) is 11.0. The van der Waals surface area contributed by atoms with E-state index in [1.54, 1.807) is 0 Å². The van der Waals surface area contributed by atoms with Gasteiger partial charge in [0, 0.05) is 0 Å². The maximum absolute atomic E-state index is 13.4. The molecule has 7 heteroatoms. The molecule has 2 N–H and O–H groups in total. The van der Waals surface area contributed by atoms with E-state index in [-0.39, 0.29) is 12.1 Å². The predicted molar refractivity (Wildman–Crippen MR) is 71.8 cm³/mol. The standard InChI is InChI=1S/C14H13FN2O4/c1-2-7-17(9-13(19)20)12(18)8-16-14(21)10-5-3-4-6-11(10)15/h1,3-6H,7-9H2,(H,16,21)(H,19,20). The maximum Gasteiger partial charge on any atom is 0.323 e. The van der Waals surface area contributed by atoms with Gasteiger partial charge in [-0.05, 0) is 12.1 Å². The first-order valence-corrected chi connectivity index (χ1v) is 5.91. The first-order chi connectivity index (χ1) is 9.95. The third-order valence-corrected chi connectivity index (χ3v) is 2.48. The van der Waals surface area contributed by atoms with Crippen molar-refractivity contribution >= 4 is 17.8 Å². The first kappa shape index (κ1) is 16.2. The third-order valence-electron chi connectivity index (χ3n) is 2.48. The van der Waals surface area contributed by atoms with Crippen LogP contribution in [-0.4, -0.2) is 47.4 Å². The lowest BCUT2D eigenvalue weighted by Gasteiger charge is -2.18. The van der Waals surface area contributed by atoms with Gasteiger partial charge in [0.1, 0.15) is 12.4 Å². The molecule has 6 nitrogen and oxygen atoms in total. The Morgan fingerprint density at radius 2 is 2.00 bits per heavy atom. The van der Waals surface area contributed by atoms with Gasteiger partial charge in [0.05, 0.1) is 18.7 Å². The van der Waals surface area contributed by atoms with Crippen molar-refractivity contribution in [2.75, 3.05) is 19.6 Å². The number of carboxylic acids is 1. The van der Waals surface area contributed by atoms with Crippen LogP contribution < -0.4 is 5.32 Å². The maximum atomic E-state index is 13.4. The normalized spacial score (nSPS) is 9.52. The van der Waals surface area contributed by atoms with Crippen molar-refractivity contribution in [3.05, 3.63) is 35.6 Å². The lowest BCUT2D eigenvalue weighted by Crippen LogP contribution is -2.42. The monoisotopic (exact) mass is 292 g/mol. The molecule has 0 radical (unpaired) electrons. The molecule has 0 aliphatic heterocycles. The van der Waals surface area contributed by atoms with Crippen LogP contribution in [0.4, 0.5) is 4.39 Å². The Bertz CT molecular complexity index is 595. The summed E-state index contributed by atoms with van der Waals surface area (Å²) >= 11 is 0. The summed E-state index contributed by atoms with van der Waals surface area (Å²) in [5.41, 5.74) is -0.202. The lowest BCUT2D eigenvalue weighted by molar-refractivity contribution is -0.143. The molecule has 0 atom stereocenters. The summed E-state index contributed by atoms with van der Waals surface area (Å²) in [5, 5.41) is 10.9. The van der Waals surface area contributed by atoms with Crippen LogP contribution in [0.3, 0.4) is 0 Å². The SMILES string of the molecule is C#CCN(CC(=O)O)C(=O)CNC(=O)c1ccccc1F. The van der Waals surface area contributed by atoms with E-state index in [0.29, 0.717) is 0 Å². The van der Waals surface area contributed by atoms with Gasteiger partial charge < -0.3 is 15.3 Å². The van der Waals surface area contributed by atoms with Gasteiger partial charge in [0.25, 0.3) is 5.91 Å². The summed E-state index contributed by atoms with van der Waals surface area (Å²) < 4.78 is 13.4. The number of hydrogen-bond acceptors (Lipinski definition) is 3. The molecule has 110 valence electrons. The molecule has 1 aromatic carbocycles. The zero-order valence-electron chi connectivity index (χ0n) is 11.0. The van der Waals surface area contributed by atoms with E-state index in [1.807, 2.05) is 0 Å². The first-order valence-electron chi connectivity index (χ1n) is 5.91. The van der Waals surface area contributed by atoms with Crippen LogP contribution in [-0.2, 0) is 9.59 Å². The van der Waals surface area contributed by atoms with Crippen LogP contribution >= 0.6 is 0 Å². The molecule has 2 amide bonds. The van der Waals surface area contributed by atoms with E-state index in [2.05, 4.69) is 11.2 Å². The molecule has 0 aromatic heterocycles. The highest BCUT2D eigenvalue weighted by Crippen LogP contribution is 2.05. The van der Waals surface area contributed by atoms with Crippen LogP contribution in [0.1, 0.15) is 10.4 Å². The molecule has 0 unspecified atom stereocenters. The molecule has 0 aliphatic carbocycles. The van der Waals surface area contributed by atoms with Crippen molar-refractivity contribution in [2.24, 2.45) is 0 Å². The Kier molecular flexibility index (Phi) is 5.89. The molecule has 0 bridgehead atoms. The highest BCUT2D eigenvalue weighted by molar-refractivity contribution is 5.96. The number of terminal acetylenes is 1. The summed E-state index contributed by atoms with van der Waals surface area (Å²) in [5.74, 6) is -1.22. The molecular formula is C14H13FN2O4. The third kappa shape index (κ3) is 4.95. The zero-order chi connectivity index (χ0) is 15.8. The van der Waals surface area contributed by atoms with Gasteiger partial charge in [0.15, 0.2) is 0 Å². The second-order valence-corrected chi connectivity index (χ2v) is 4.01. The molecular weight excluding hydrogens is 279 g/mol. The quantitative estimate of drug-likeness (QED) is 0.728. The van der Waals surface area contributed by atoms with Gasteiger partial charge in [-0.2, -0.15) is 0 Å². The van der Waals surface area contributed by atoms with Crippen molar-refractivity contribution < 1.29 is 23.9 Å². The number of carbonyl (C=O) groups is 3. The van der Waals surface area contributed by atoms with Gasteiger partial charge >= 0.3 is 5.97 Å². The van der Waals surface area contributed by atoms with Gasteiger partial charge in [-0.1, -0.05) is 18.1 Å². The van der Waals surface area contributed by atoms with E-state index in [9.17, 15) is 18.8 Å². The smallest absolute Gasteiger partial charge is 0.323 e. The highest BCUT2D eigenvalue weighted by atomic mass is 19.1. The van der Waals surface area contributed by atoms with E-state index in [1.165, 1.54) is 18.2 Å². The molecule has 0 saturated heterocycles. The number of rotatable bonds is 6. The number of carboxylic acid groups (broad SMARTS) is 1. The molecule has 0 heterocycles. The predicted octanol–water partition coefficient (Wildman–Crippen LogP) is 0.102. The molecule has 21 heavy (non-hydrogen) atoms. The van der Waals surface area contributed by atoms with Gasteiger partial charge in [0.2, 0.25) is 5.91 Å². The fourth-order valence-electron chi connectivity index (χ4n) is 1.51. The minimum atomic E-state index is -1.22. The molecule has 0 spiro atoms. The van der Waals surface area contributed by atoms with E-state index < -0.39 is 36.7 Å². The van der Waals surface area contributed by atoms with Gasteiger partial charge in [-0.15, -0.1) is 6.42 Å². The van der Waals surface area contributed by atoms with Gasteiger partial charge in [-0.3, -0.25) is 14.4 Å². The van der Waals surface area contributed by atoms with Crippen molar-refractivity contribution in [3.8, 4) is 12.3 Å². The lowest BCUT2D eigenvalue weighted by atomic mass is 10.2. The second kappa shape index (κ2) is 7.65. The van der Waals surface area contributed by atoms with E-state index >= 15 is 0 Å². The summed E-state index contributed by atoms with van der Waals surface area (Å²) in [7, 11) is 0. The number of hydrogen-bond donors (Lipinski definition) is 2. The van der Waals surface area contributed by atoms with Crippen LogP contribution in [0.15, 0.2) is 24.3 Å². The molecule has 1 aromatic rings. The number of aliphatic carboxylic acids is 1. The van der Waals surface area contributed by atoms with E-state index in [4.69, 9.17) is 11.5 Å². The average molecular weight is 292 g/mol. The van der Waals surface area contributed by atoms with Gasteiger partial charge in [-0.25, -0.2) is 4.39 Å². The Labute approximate surface area is 120 Å². The van der Waals surface area contributed by atoms with Crippen molar-refractivity contribution in [2.45, 2.75) is 0 Å². The second-order valence-electron chi connectivity index (χ2n) is 4.01. The van der Waals surface area contributed by atoms with Crippen LogP contribution in [0.25, 0.3) is 0 Å². The molecule has 0 fully saturated rings. The minimum Gasteiger partial charge on any atom is -0.480 e. The fraction of sp³-hybridized carbons (Fsp3) is 0.214. The number of nitrogens with one attached hydrogen (secondary N) is 1. The largest absolute Gasteiger partial charge is 0.480 e. The Morgan fingerprint density at radius 3 is 2.57 bits per heavy atom. The Balaban J connectivity index is 2.63. The number of nitrogens with zero attached hydrogens (tertiary/aromatic N) is 1. The van der Waals surface area contributed by atoms with Crippen LogP contribution in [0, 0.1) is 18.2 Å². The number of carbonyl (C=O) groups excluding carboxylic acids is 2. The summed E-state index contributed by atoms with van der Waals surface area (Å²) in [6.45, 7) is -1.23. The number of benzene rings is 1. The fourth-order valence-corrected chi connectivity index (χ4v) is 1.51. The van der Waals surface area contributed by atoms with Crippen molar-refractivity contribution in [1.29, 1.82) is 0 Å². The number of halogens is 1. The topological polar surface area (TPSA) is 86.7 Å². The summed E-state index contributed by atoms with van der Waals surface area (Å²) in [6.07, 6.45) is 5.04. The van der Waals surface area contributed by atoms with Crippen LogP contribution in [0.5, 0.6) is 0 Å². The number of amides is 2. The molecule has 0 saturated carbocycles. The Hall–Kier alpha value is -2.88. The van der Waals surface area contributed by atoms with Crippen LogP contribution in [0.2, 0.25) is 0 Å². The highest BCUT2D eigenvalue weighted by Gasteiger charge is 2.17. The molecule has 0 aliphatic rings. The minimum absolute atomic E-state index is 0.194. The summed E-state index contributed by atoms with van der Waals surface area (Å²) in [6, 6.07) is 5.30. The van der Waals surface area contributed by atoms with Crippen molar-refractivity contribution in [3.63, 3.8) is 0 Å². The average Bonchev–Trinajstić information content (AvgIpc) is 2.44.